The third-order valence-corrected chi connectivity index (χ3v) is 5.11. The van der Waals surface area contributed by atoms with Gasteiger partial charge in [-0.1, -0.05) is 43.2 Å². The lowest BCUT2D eigenvalue weighted by Crippen LogP contribution is -2.27. The van der Waals surface area contributed by atoms with Crippen molar-refractivity contribution in [3.05, 3.63) is 58.7 Å². The minimum absolute atomic E-state index is 0.0314. The number of nitrogens with one attached hydrogen (secondary N) is 1. The molecule has 1 aromatic heterocycles. The van der Waals surface area contributed by atoms with Crippen molar-refractivity contribution >= 4 is 0 Å². The van der Waals surface area contributed by atoms with Crippen LogP contribution in [0.25, 0.3) is 0 Å². The van der Waals surface area contributed by atoms with Crippen molar-refractivity contribution < 1.29 is 0 Å². The summed E-state index contributed by atoms with van der Waals surface area (Å²) in [4.78, 5) is 9.90. The molecule has 0 amide bonds. The summed E-state index contributed by atoms with van der Waals surface area (Å²) in [6.07, 6.45) is 4.88. The Hall–Kier alpha value is -1.74. The first-order valence-corrected chi connectivity index (χ1v) is 7.93. The summed E-state index contributed by atoms with van der Waals surface area (Å²) in [6.45, 7) is 3.93. The second-order valence-corrected chi connectivity index (χ2v) is 6.32. The average Bonchev–Trinajstić information content (AvgIpc) is 3.18. The number of aromatic nitrogens is 2. The highest BCUT2D eigenvalue weighted by molar-refractivity contribution is 5.37. The predicted molar refractivity (Wildman–Crippen MR) is 83.0 cm³/mol. The van der Waals surface area contributed by atoms with E-state index in [-0.39, 0.29) is 5.41 Å². The highest BCUT2D eigenvalue weighted by atomic mass is 15.0. The van der Waals surface area contributed by atoms with Crippen molar-refractivity contribution in [2.24, 2.45) is 0 Å². The Kier molecular flexibility index (Phi) is 3.03. The number of rotatable bonds is 2. The van der Waals surface area contributed by atoms with Crippen LogP contribution in [0.3, 0.4) is 0 Å². The number of hydrogen-bond donors (Lipinski definition) is 1. The topological polar surface area (TPSA) is 37.8 Å². The van der Waals surface area contributed by atoms with Gasteiger partial charge >= 0.3 is 0 Å². The van der Waals surface area contributed by atoms with Gasteiger partial charge in [-0.2, -0.15) is 0 Å². The zero-order valence-corrected chi connectivity index (χ0v) is 12.5. The smallest absolute Gasteiger partial charge is 0.139 e. The molecule has 0 saturated heterocycles. The number of hydrogen-bond acceptors (Lipinski definition) is 3. The van der Waals surface area contributed by atoms with Gasteiger partial charge in [0.1, 0.15) is 5.82 Å². The van der Waals surface area contributed by atoms with E-state index in [0.29, 0.717) is 0 Å². The molecule has 1 aliphatic heterocycles. The quantitative estimate of drug-likeness (QED) is 0.917. The van der Waals surface area contributed by atoms with E-state index in [0.717, 1.165) is 24.6 Å². The SMILES string of the molecule is Cc1nc(C2(c3ccccc3)CCCC2)nc2c1CNC2. The predicted octanol–water partition coefficient (Wildman–Crippen LogP) is 3.25. The van der Waals surface area contributed by atoms with Gasteiger partial charge < -0.3 is 5.32 Å². The molecule has 108 valence electrons. The third-order valence-electron chi connectivity index (χ3n) is 5.11. The van der Waals surface area contributed by atoms with Crippen molar-refractivity contribution in [2.75, 3.05) is 0 Å². The Balaban J connectivity index is 1.88. The van der Waals surface area contributed by atoms with Crippen molar-refractivity contribution in [3.63, 3.8) is 0 Å². The summed E-state index contributed by atoms with van der Waals surface area (Å²) >= 11 is 0. The van der Waals surface area contributed by atoms with Gasteiger partial charge in [-0.05, 0) is 25.3 Å². The monoisotopic (exact) mass is 279 g/mol. The Bertz CT molecular complexity index is 658. The zero-order chi connectivity index (χ0) is 14.3. The number of benzene rings is 1. The first-order valence-electron chi connectivity index (χ1n) is 7.93. The molecule has 1 N–H and O–H groups in total. The fraction of sp³-hybridized carbons (Fsp3) is 0.444. The Morgan fingerprint density at radius 2 is 1.76 bits per heavy atom. The molecule has 1 aromatic carbocycles. The fourth-order valence-corrected chi connectivity index (χ4v) is 3.93. The lowest BCUT2D eigenvalue weighted by atomic mass is 9.78. The van der Waals surface area contributed by atoms with Gasteiger partial charge in [0.25, 0.3) is 0 Å². The average molecular weight is 279 g/mol. The van der Waals surface area contributed by atoms with Gasteiger partial charge in [0, 0.05) is 24.3 Å². The van der Waals surface area contributed by atoms with Crippen LogP contribution in [0.15, 0.2) is 30.3 Å². The highest BCUT2D eigenvalue weighted by Crippen LogP contribution is 2.45. The Labute approximate surface area is 125 Å². The van der Waals surface area contributed by atoms with E-state index in [1.54, 1.807) is 0 Å². The highest BCUT2D eigenvalue weighted by Gasteiger charge is 2.40. The minimum atomic E-state index is 0.0314. The standard InChI is InChI=1S/C18H21N3/c1-13-15-11-19-12-16(15)21-17(20-13)18(9-5-6-10-18)14-7-3-2-4-8-14/h2-4,7-8,19H,5-6,9-12H2,1H3. The maximum Gasteiger partial charge on any atom is 0.139 e. The lowest BCUT2D eigenvalue weighted by molar-refractivity contribution is 0.495. The van der Waals surface area contributed by atoms with Gasteiger partial charge in [0.15, 0.2) is 0 Å². The van der Waals surface area contributed by atoms with Gasteiger partial charge in [-0.3, -0.25) is 0 Å². The summed E-state index contributed by atoms with van der Waals surface area (Å²) in [5, 5.41) is 3.40. The van der Waals surface area contributed by atoms with Crippen molar-refractivity contribution in [1.82, 2.24) is 15.3 Å². The first kappa shape index (κ1) is 13.0. The van der Waals surface area contributed by atoms with Gasteiger partial charge in [0.05, 0.1) is 11.1 Å². The molecule has 4 rings (SSSR count). The molecule has 2 aliphatic rings. The number of nitrogens with zero attached hydrogens (tertiary/aromatic N) is 2. The molecular weight excluding hydrogens is 258 g/mol. The molecule has 0 atom stereocenters. The van der Waals surface area contributed by atoms with Crippen molar-refractivity contribution in [2.45, 2.75) is 51.1 Å². The normalized spacial score (nSPS) is 19.7. The summed E-state index contributed by atoms with van der Waals surface area (Å²) in [5.74, 6) is 1.05. The van der Waals surface area contributed by atoms with Crippen LogP contribution in [-0.2, 0) is 18.5 Å². The lowest BCUT2D eigenvalue weighted by Gasteiger charge is -2.29. The van der Waals surface area contributed by atoms with E-state index in [1.807, 2.05) is 0 Å². The largest absolute Gasteiger partial charge is 0.307 e. The second kappa shape index (κ2) is 4.92. The zero-order valence-electron chi connectivity index (χ0n) is 12.5. The summed E-state index contributed by atoms with van der Waals surface area (Å²) in [5.41, 5.74) is 5.08. The van der Waals surface area contributed by atoms with Crippen LogP contribution in [0.4, 0.5) is 0 Å². The molecule has 2 aromatic rings. The van der Waals surface area contributed by atoms with Crippen molar-refractivity contribution in [3.8, 4) is 0 Å². The molecule has 1 saturated carbocycles. The maximum atomic E-state index is 4.97. The van der Waals surface area contributed by atoms with E-state index in [1.165, 1.54) is 42.5 Å². The van der Waals surface area contributed by atoms with E-state index in [9.17, 15) is 0 Å². The van der Waals surface area contributed by atoms with Crippen LogP contribution in [0.1, 0.15) is 54.0 Å². The van der Waals surface area contributed by atoms with E-state index in [4.69, 9.17) is 9.97 Å². The van der Waals surface area contributed by atoms with Crippen LogP contribution in [0.5, 0.6) is 0 Å². The molecule has 3 nitrogen and oxygen atoms in total. The van der Waals surface area contributed by atoms with E-state index in [2.05, 4.69) is 42.6 Å². The molecule has 0 unspecified atom stereocenters. The van der Waals surface area contributed by atoms with Gasteiger partial charge in [0.2, 0.25) is 0 Å². The summed E-state index contributed by atoms with van der Waals surface area (Å²) in [7, 11) is 0. The fourth-order valence-electron chi connectivity index (χ4n) is 3.93. The Morgan fingerprint density at radius 1 is 1.00 bits per heavy atom. The minimum Gasteiger partial charge on any atom is -0.307 e. The number of fused-ring (bicyclic) bond motifs is 1. The molecule has 1 aliphatic carbocycles. The molecule has 0 spiro atoms. The van der Waals surface area contributed by atoms with Crippen LogP contribution in [0.2, 0.25) is 0 Å². The van der Waals surface area contributed by atoms with Gasteiger partial charge in [-0.25, -0.2) is 9.97 Å². The van der Waals surface area contributed by atoms with E-state index < -0.39 is 0 Å². The molecular formula is C18H21N3. The molecule has 1 fully saturated rings. The molecule has 3 heteroatoms. The van der Waals surface area contributed by atoms with E-state index >= 15 is 0 Å². The molecule has 0 bridgehead atoms. The van der Waals surface area contributed by atoms with Crippen LogP contribution in [0, 0.1) is 6.92 Å². The summed E-state index contributed by atoms with van der Waals surface area (Å²) in [6, 6.07) is 10.9. The van der Waals surface area contributed by atoms with Crippen LogP contribution < -0.4 is 5.32 Å². The maximum absolute atomic E-state index is 4.97. The molecule has 2 heterocycles. The van der Waals surface area contributed by atoms with Gasteiger partial charge in [-0.15, -0.1) is 0 Å². The van der Waals surface area contributed by atoms with Crippen molar-refractivity contribution in [1.29, 1.82) is 0 Å². The summed E-state index contributed by atoms with van der Waals surface area (Å²) < 4.78 is 0. The molecule has 21 heavy (non-hydrogen) atoms. The number of aryl methyl sites for hydroxylation is 1. The second-order valence-electron chi connectivity index (χ2n) is 6.32. The Morgan fingerprint density at radius 3 is 2.52 bits per heavy atom. The van der Waals surface area contributed by atoms with Crippen LogP contribution >= 0.6 is 0 Å². The van der Waals surface area contributed by atoms with Crippen LogP contribution in [-0.4, -0.2) is 9.97 Å². The third kappa shape index (κ3) is 1.99. The first-order chi connectivity index (χ1) is 10.3. The molecule has 0 radical (unpaired) electrons.